The first-order valence-corrected chi connectivity index (χ1v) is 14.2. The summed E-state index contributed by atoms with van der Waals surface area (Å²) in [5.74, 6) is 1.36. The van der Waals surface area contributed by atoms with Gasteiger partial charge in [0.25, 0.3) is 0 Å². The Labute approximate surface area is 230 Å². The Morgan fingerprint density at radius 3 is 2.10 bits per heavy atom. The van der Waals surface area contributed by atoms with Crippen molar-refractivity contribution >= 4 is 10.0 Å². The van der Waals surface area contributed by atoms with Gasteiger partial charge in [-0.15, -0.1) is 0 Å². The molecule has 39 heavy (non-hydrogen) atoms. The minimum Gasteiger partial charge on any atom is -0.497 e. The molecule has 0 amide bonds. The van der Waals surface area contributed by atoms with Crippen molar-refractivity contribution in [2.75, 3.05) is 7.11 Å². The summed E-state index contributed by atoms with van der Waals surface area (Å²) < 4.78 is 37.7. The number of sulfonamides is 1. The van der Waals surface area contributed by atoms with E-state index in [4.69, 9.17) is 9.72 Å². The molecule has 0 aliphatic carbocycles. The van der Waals surface area contributed by atoms with Crippen LogP contribution in [-0.4, -0.2) is 29.4 Å². The largest absolute Gasteiger partial charge is 0.497 e. The predicted molar refractivity (Wildman–Crippen MR) is 153 cm³/mol. The van der Waals surface area contributed by atoms with Gasteiger partial charge in [0.05, 0.1) is 12.0 Å². The Kier molecular flexibility index (Phi) is 7.91. The van der Waals surface area contributed by atoms with Gasteiger partial charge in [0.2, 0.25) is 10.0 Å². The zero-order valence-electron chi connectivity index (χ0n) is 22.0. The van der Waals surface area contributed by atoms with Crippen molar-refractivity contribution in [2.45, 2.75) is 31.0 Å². The summed E-state index contributed by atoms with van der Waals surface area (Å²) in [4.78, 5) is 4.98. The van der Waals surface area contributed by atoms with Crippen LogP contribution < -0.4 is 4.74 Å². The number of aryl methyl sites for hydroxylation is 1. The van der Waals surface area contributed by atoms with E-state index in [9.17, 15) is 8.42 Å². The molecule has 0 bridgehead atoms. The van der Waals surface area contributed by atoms with E-state index >= 15 is 0 Å². The number of benzene rings is 4. The molecule has 0 saturated carbocycles. The third-order valence-electron chi connectivity index (χ3n) is 6.72. The summed E-state index contributed by atoms with van der Waals surface area (Å²) in [5, 5.41) is 0. The maximum Gasteiger partial charge on any atom is 0.244 e. The topological polar surface area (TPSA) is 64.4 Å². The first-order valence-electron chi connectivity index (χ1n) is 12.8. The highest BCUT2D eigenvalue weighted by atomic mass is 32.2. The Morgan fingerprint density at radius 2 is 1.46 bits per heavy atom. The molecule has 0 radical (unpaired) electrons. The van der Waals surface area contributed by atoms with Gasteiger partial charge in [0.1, 0.15) is 17.6 Å². The van der Waals surface area contributed by atoms with Crippen LogP contribution in [0.5, 0.6) is 5.75 Å². The maximum atomic E-state index is 14.4. The monoisotopic (exact) mass is 537 g/mol. The number of nitrogens with zero attached hydrogens (tertiary/aromatic N) is 3. The fraction of sp³-hybridized carbons (Fsp3) is 0.156. The van der Waals surface area contributed by atoms with Crippen LogP contribution in [0.1, 0.15) is 34.1 Å². The van der Waals surface area contributed by atoms with Crippen LogP contribution in [0.2, 0.25) is 0 Å². The van der Waals surface area contributed by atoms with Crippen molar-refractivity contribution in [1.82, 2.24) is 13.9 Å². The number of methoxy groups -OCH3 is 1. The van der Waals surface area contributed by atoms with Crippen molar-refractivity contribution in [3.63, 3.8) is 0 Å². The lowest BCUT2D eigenvalue weighted by Gasteiger charge is -2.31. The molecule has 0 aliphatic heterocycles. The Balaban J connectivity index is 1.66. The van der Waals surface area contributed by atoms with Gasteiger partial charge in [0, 0.05) is 25.5 Å². The van der Waals surface area contributed by atoms with Crippen molar-refractivity contribution in [3.05, 3.63) is 150 Å². The molecule has 1 aromatic heterocycles. The fourth-order valence-electron chi connectivity index (χ4n) is 4.63. The summed E-state index contributed by atoms with van der Waals surface area (Å²) in [6.07, 6.45) is 3.64. The van der Waals surface area contributed by atoms with Gasteiger partial charge in [-0.2, -0.15) is 4.31 Å². The van der Waals surface area contributed by atoms with Crippen LogP contribution in [0.4, 0.5) is 0 Å². The molecule has 0 spiro atoms. The normalized spacial score (nSPS) is 12.4. The quantitative estimate of drug-likeness (QED) is 0.212. The van der Waals surface area contributed by atoms with E-state index in [1.165, 1.54) is 0 Å². The zero-order valence-corrected chi connectivity index (χ0v) is 22.8. The van der Waals surface area contributed by atoms with Crippen LogP contribution >= 0.6 is 0 Å². The second-order valence-electron chi connectivity index (χ2n) is 9.42. The first-order chi connectivity index (χ1) is 19.0. The molecule has 7 heteroatoms. The molecule has 198 valence electrons. The van der Waals surface area contributed by atoms with Crippen molar-refractivity contribution in [3.8, 4) is 5.75 Å². The number of hydrogen-bond donors (Lipinski definition) is 0. The van der Waals surface area contributed by atoms with E-state index in [-0.39, 0.29) is 11.4 Å². The number of aromatic nitrogens is 2. The van der Waals surface area contributed by atoms with Gasteiger partial charge in [-0.25, -0.2) is 13.4 Å². The van der Waals surface area contributed by atoms with E-state index < -0.39 is 16.1 Å². The van der Waals surface area contributed by atoms with Gasteiger partial charge in [-0.05, 0) is 47.9 Å². The lowest BCUT2D eigenvalue weighted by molar-refractivity contribution is 0.336. The fourth-order valence-corrected chi connectivity index (χ4v) is 6.20. The summed E-state index contributed by atoms with van der Waals surface area (Å²) in [7, 11) is -2.33. The number of hydrogen-bond acceptors (Lipinski definition) is 4. The number of ether oxygens (including phenoxy) is 1. The van der Waals surface area contributed by atoms with Crippen LogP contribution in [0, 0.1) is 6.92 Å². The van der Waals surface area contributed by atoms with E-state index in [0.717, 1.165) is 22.3 Å². The van der Waals surface area contributed by atoms with Crippen molar-refractivity contribution < 1.29 is 13.2 Å². The van der Waals surface area contributed by atoms with Crippen LogP contribution in [0.15, 0.2) is 126 Å². The SMILES string of the molecule is COc1ccc(CN(C(c2ccccc2)c2nccn2Cc2ccccc2)S(=O)(=O)c2ccc(C)cc2)cc1. The molecule has 1 atom stereocenters. The van der Waals surface area contributed by atoms with E-state index in [1.807, 2.05) is 103 Å². The summed E-state index contributed by atoms with van der Waals surface area (Å²) in [6, 6.07) is 33.6. The molecule has 0 aliphatic rings. The standard InChI is InChI=1S/C32H31N3O3S/c1-25-13-19-30(20-14-25)39(36,37)35(24-27-15-17-29(38-2)18-16-27)31(28-11-7-4-8-12-28)32-33-21-22-34(32)23-26-9-5-3-6-10-26/h3-22,31H,23-24H2,1-2H3. The molecule has 6 nitrogen and oxygen atoms in total. The van der Waals surface area contributed by atoms with Gasteiger partial charge in [0.15, 0.2) is 0 Å². The van der Waals surface area contributed by atoms with E-state index in [0.29, 0.717) is 18.1 Å². The maximum absolute atomic E-state index is 14.4. The predicted octanol–water partition coefficient (Wildman–Crippen LogP) is 6.23. The molecular weight excluding hydrogens is 506 g/mol. The second-order valence-corrected chi connectivity index (χ2v) is 11.3. The zero-order chi connectivity index (χ0) is 27.2. The molecule has 1 heterocycles. The lowest BCUT2D eigenvalue weighted by atomic mass is 10.1. The van der Waals surface area contributed by atoms with E-state index in [2.05, 4.69) is 12.1 Å². The average Bonchev–Trinajstić information content (AvgIpc) is 3.42. The minimum absolute atomic E-state index is 0.151. The molecule has 0 saturated heterocycles. The molecule has 5 rings (SSSR count). The highest BCUT2D eigenvalue weighted by Crippen LogP contribution is 2.35. The molecular formula is C32H31N3O3S. The Morgan fingerprint density at radius 1 is 0.821 bits per heavy atom. The van der Waals surface area contributed by atoms with Gasteiger partial charge >= 0.3 is 0 Å². The number of imidazole rings is 1. The summed E-state index contributed by atoms with van der Waals surface area (Å²) in [6.45, 7) is 2.66. The van der Waals surface area contributed by atoms with Crippen LogP contribution in [0.25, 0.3) is 0 Å². The number of rotatable bonds is 10. The molecule has 5 aromatic rings. The lowest BCUT2D eigenvalue weighted by Crippen LogP contribution is -2.36. The third kappa shape index (κ3) is 5.95. The molecule has 0 N–H and O–H groups in total. The summed E-state index contributed by atoms with van der Waals surface area (Å²) >= 11 is 0. The highest BCUT2D eigenvalue weighted by molar-refractivity contribution is 7.89. The molecule has 0 fully saturated rings. The Hall–Kier alpha value is -4.20. The summed E-state index contributed by atoms with van der Waals surface area (Å²) in [5.41, 5.74) is 3.77. The van der Waals surface area contributed by atoms with Crippen LogP contribution in [0.3, 0.4) is 0 Å². The average molecular weight is 538 g/mol. The minimum atomic E-state index is -3.95. The van der Waals surface area contributed by atoms with E-state index in [1.54, 1.807) is 29.7 Å². The van der Waals surface area contributed by atoms with Crippen molar-refractivity contribution in [1.29, 1.82) is 0 Å². The molecule has 4 aromatic carbocycles. The first kappa shape index (κ1) is 26.4. The highest BCUT2D eigenvalue weighted by Gasteiger charge is 2.36. The molecule has 1 unspecified atom stereocenters. The van der Waals surface area contributed by atoms with Gasteiger partial charge in [-0.3, -0.25) is 0 Å². The second kappa shape index (κ2) is 11.7. The Bertz CT molecular complexity index is 1600. The van der Waals surface area contributed by atoms with Gasteiger partial charge < -0.3 is 9.30 Å². The van der Waals surface area contributed by atoms with Crippen LogP contribution in [-0.2, 0) is 23.1 Å². The van der Waals surface area contributed by atoms with Crippen molar-refractivity contribution in [2.24, 2.45) is 0 Å². The smallest absolute Gasteiger partial charge is 0.244 e. The van der Waals surface area contributed by atoms with Gasteiger partial charge in [-0.1, -0.05) is 90.5 Å². The third-order valence-corrected chi connectivity index (χ3v) is 8.54.